The average Bonchev–Trinajstić information content (AvgIpc) is 2.62. The summed E-state index contributed by atoms with van der Waals surface area (Å²) < 4.78 is 37.4. The van der Waals surface area contributed by atoms with Crippen LogP contribution in [0.4, 0.5) is 19.3 Å². The van der Waals surface area contributed by atoms with Gasteiger partial charge in [-0.25, -0.2) is 13.6 Å². The highest BCUT2D eigenvalue weighted by atomic mass is 19.2. The van der Waals surface area contributed by atoms with Crippen molar-refractivity contribution in [2.45, 2.75) is 13.0 Å². The van der Waals surface area contributed by atoms with Gasteiger partial charge in [-0.3, -0.25) is 0 Å². The van der Waals surface area contributed by atoms with E-state index in [0.29, 0.717) is 36.0 Å². The normalized spacial score (nSPS) is 13.9. The third-order valence-corrected chi connectivity index (χ3v) is 4.12. The van der Waals surface area contributed by atoms with Crippen LogP contribution in [0.2, 0.25) is 0 Å². The Labute approximate surface area is 144 Å². The quantitative estimate of drug-likeness (QED) is 0.913. The molecule has 1 unspecified atom stereocenters. The Balaban J connectivity index is 1.70. The standard InChI is InChI=1S/C18H18F2N2O3/c1-11(12-3-5-14(19)15(20)9-12)22(2)18(23)21-13-4-6-16-17(10-13)25-8-7-24-16/h3-6,9-11H,7-8H2,1-2H3,(H,21,23). The molecule has 1 aliphatic heterocycles. The molecular weight excluding hydrogens is 330 g/mol. The molecule has 7 heteroatoms. The fourth-order valence-electron chi connectivity index (χ4n) is 2.50. The number of carbonyl (C=O) groups excluding carboxylic acids is 1. The van der Waals surface area contributed by atoms with E-state index in [4.69, 9.17) is 9.47 Å². The first-order chi connectivity index (χ1) is 12.0. The SMILES string of the molecule is CC(c1ccc(F)c(F)c1)N(C)C(=O)Nc1ccc2c(c1)OCCO2. The molecule has 0 saturated heterocycles. The maximum absolute atomic E-state index is 13.4. The molecule has 2 amide bonds. The van der Waals surface area contributed by atoms with Gasteiger partial charge in [-0.15, -0.1) is 0 Å². The molecule has 0 fully saturated rings. The fraction of sp³-hybridized carbons (Fsp3) is 0.278. The molecule has 2 aromatic carbocycles. The summed E-state index contributed by atoms with van der Waals surface area (Å²) in [5.41, 5.74) is 1.05. The van der Waals surface area contributed by atoms with Crippen molar-refractivity contribution in [1.29, 1.82) is 0 Å². The number of urea groups is 1. The molecule has 2 aromatic rings. The van der Waals surface area contributed by atoms with Gasteiger partial charge >= 0.3 is 6.03 Å². The number of nitrogens with zero attached hydrogens (tertiary/aromatic N) is 1. The number of hydrogen-bond acceptors (Lipinski definition) is 3. The van der Waals surface area contributed by atoms with Gasteiger partial charge in [0.2, 0.25) is 0 Å². The number of carbonyl (C=O) groups is 1. The predicted octanol–water partition coefficient (Wildman–Crippen LogP) is 3.96. The molecule has 0 spiro atoms. The summed E-state index contributed by atoms with van der Waals surface area (Å²) in [4.78, 5) is 13.8. The van der Waals surface area contributed by atoms with Crippen LogP contribution < -0.4 is 14.8 Å². The molecule has 1 heterocycles. The minimum absolute atomic E-state index is 0.381. The van der Waals surface area contributed by atoms with Crippen molar-refractivity contribution in [2.75, 3.05) is 25.6 Å². The van der Waals surface area contributed by atoms with Crippen LogP contribution in [0.5, 0.6) is 11.5 Å². The zero-order valence-corrected chi connectivity index (χ0v) is 13.9. The van der Waals surface area contributed by atoms with Crippen LogP contribution in [-0.4, -0.2) is 31.2 Å². The van der Waals surface area contributed by atoms with Crippen LogP contribution in [0.25, 0.3) is 0 Å². The zero-order chi connectivity index (χ0) is 18.0. The summed E-state index contributed by atoms with van der Waals surface area (Å²) in [7, 11) is 1.58. The highest BCUT2D eigenvalue weighted by molar-refractivity contribution is 5.89. The molecule has 0 aliphatic carbocycles. The minimum Gasteiger partial charge on any atom is -0.486 e. The van der Waals surface area contributed by atoms with E-state index in [9.17, 15) is 13.6 Å². The molecule has 0 bridgehead atoms. The van der Waals surface area contributed by atoms with Crippen molar-refractivity contribution in [3.8, 4) is 11.5 Å². The Morgan fingerprint density at radius 3 is 2.52 bits per heavy atom. The molecule has 0 aromatic heterocycles. The second-order valence-corrected chi connectivity index (χ2v) is 5.75. The van der Waals surface area contributed by atoms with Gasteiger partial charge in [0, 0.05) is 18.8 Å². The molecule has 3 rings (SSSR count). The third kappa shape index (κ3) is 3.65. The highest BCUT2D eigenvalue weighted by Gasteiger charge is 2.20. The summed E-state index contributed by atoms with van der Waals surface area (Å²) in [5, 5.41) is 2.75. The van der Waals surface area contributed by atoms with Gasteiger partial charge in [0.1, 0.15) is 13.2 Å². The molecule has 1 N–H and O–H groups in total. The lowest BCUT2D eigenvalue weighted by Crippen LogP contribution is -2.33. The van der Waals surface area contributed by atoms with Gasteiger partial charge in [-0.2, -0.15) is 0 Å². The largest absolute Gasteiger partial charge is 0.486 e. The Kier molecular flexibility index (Phi) is 4.74. The molecule has 0 radical (unpaired) electrons. The Bertz CT molecular complexity index is 798. The van der Waals surface area contributed by atoms with Crippen molar-refractivity contribution in [3.05, 3.63) is 53.6 Å². The van der Waals surface area contributed by atoms with Crippen molar-refractivity contribution >= 4 is 11.7 Å². The summed E-state index contributed by atoms with van der Waals surface area (Å²) in [6, 6.07) is 7.90. The van der Waals surface area contributed by atoms with Gasteiger partial charge in [0.15, 0.2) is 23.1 Å². The summed E-state index contributed by atoms with van der Waals surface area (Å²) >= 11 is 0. The van der Waals surface area contributed by atoms with Gasteiger partial charge in [0.25, 0.3) is 0 Å². The molecule has 25 heavy (non-hydrogen) atoms. The number of halogens is 2. The van der Waals surface area contributed by atoms with E-state index in [1.54, 1.807) is 32.2 Å². The van der Waals surface area contributed by atoms with Gasteiger partial charge in [-0.1, -0.05) is 6.07 Å². The van der Waals surface area contributed by atoms with Crippen LogP contribution in [0, 0.1) is 11.6 Å². The van der Waals surface area contributed by atoms with E-state index >= 15 is 0 Å². The van der Waals surface area contributed by atoms with Gasteiger partial charge in [0.05, 0.1) is 6.04 Å². The molecule has 132 valence electrons. The van der Waals surface area contributed by atoms with Crippen molar-refractivity contribution < 1.29 is 23.0 Å². The number of hydrogen-bond donors (Lipinski definition) is 1. The lowest BCUT2D eigenvalue weighted by Gasteiger charge is -2.26. The first-order valence-electron chi connectivity index (χ1n) is 7.84. The second kappa shape index (κ2) is 6.96. The lowest BCUT2D eigenvalue weighted by atomic mass is 10.1. The maximum Gasteiger partial charge on any atom is 0.322 e. The molecule has 0 saturated carbocycles. The van der Waals surface area contributed by atoms with Crippen LogP contribution in [-0.2, 0) is 0 Å². The second-order valence-electron chi connectivity index (χ2n) is 5.75. The van der Waals surface area contributed by atoms with E-state index in [-0.39, 0.29) is 6.03 Å². The van der Waals surface area contributed by atoms with Crippen LogP contribution in [0.1, 0.15) is 18.5 Å². The monoisotopic (exact) mass is 348 g/mol. The average molecular weight is 348 g/mol. The van der Waals surface area contributed by atoms with E-state index in [1.807, 2.05) is 0 Å². The minimum atomic E-state index is -0.940. The molecule has 1 aliphatic rings. The molecular formula is C18H18F2N2O3. The Morgan fingerprint density at radius 1 is 1.08 bits per heavy atom. The zero-order valence-electron chi connectivity index (χ0n) is 13.9. The smallest absolute Gasteiger partial charge is 0.322 e. The predicted molar refractivity (Wildman–Crippen MR) is 89.0 cm³/mol. The number of amides is 2. The topological polar surface area (TPSA) is 50.8 Å². The maximum atomic E-state index is 13.4. The highest BCUT2D eigenvalue weighted by Crippen LogP contribution is 2.33. The molecule has 5 nitrogen and oxygen atoms in total. The van der Waals surface area contributed by atoms with Crippen LogP contribution >= 0.6 is 0 Å². The van der Waals surface area contributed by atoms with E-state index < -0.39 is 17.7 Å². The van der Waals surface area contributed by atoms with E-state index in [1.165, 1.54) is 11.0 Å². The number of ether oxygens (including phenoxy) is 2. The number of anilines is 1. The van der Waals surface area contributed by atoms with Crippen LogP contribution in [0.15, 0.2) is 36.4 Å². The Hall–Kier alpha value is -2.83. The Morgan fingerprint density at radius 2 is 1.80 bits per heavy atom. The van der Waals surface area contributed by atoms with E-state index in [0.717, 1.165) is 12.1 Å². The van der Waals surface area contributed by atoms with Crippen molar-refractivity contribution in [3.63, 3.8) is 0 Å². The first-order valence-corrected chi connectivity index (χ1v) is 7.84. The van der Waals surface area contributed by atoms with Gasteiger partial charge < -0.3 is 19.7 Å². The number of rotatable bonds is 3. The number of benzene rings is 2. The summed E-state index contributed by atoms with van der Waals surface area (Å²) in [6.45, 7) is 2.68. The first kappa shape index (κ1) is 17.0. The number of nitrogens with one attached hydrogen (secondary N) is 1. The summed E-state index contributed by atoms with van der Waals surface area (Å²) in [5.74, 6) is -0.655. The van der Waals surface area contributed by atoms with E-state index in [2.05, 4.69) is 5.32 Å². The lowest BCUT2D eigenvalue weighted by molar-refractivity contribution is 0.171. The van der Waals surface area contributed by atoms with Gasteiger partial charge in [-0.05, 0) is 36.8 Å². The van der Waals surface area contributed by atoms with Crippen LogP contribution in [0.3, 0.4) is 0 Å². The molecule has 1 atom stereocenters. The van der Waals surface area contributed by atoms with Crippen molar-refractivity contribution in [1.82, 2.24) is 4.90 Å². The third-order valence-electron chi connectivity index (χ3n) is 4.12. The number of fused-ring (bicyclic) bond motifs is 1. The fourth-order valence-corrected chi connectivity index (χ4v) is 2.50. The summed E-state index contributed by atoms with van der Waals surface area (Å²) in [6.07, 6.45) is 0. The van der Waals surface area contributed by atoms with Crippen molar-refractivity contribution in [2.24, 2.45) is 0 Å².